The number of nitrogens with zero attached hydrogens (tertiary/aromatic N) is 1. The largest absolute Gasteiger partial charge is 0.354 e. The molecule has 0 atom stereocenters. The third-order valence-corrected chi connectivity index (χ3v) is 3.11. The molecule has 4 heteroatoms. The molecule has 0 fully saturated rings. The second kappa shape index (κ2) is 4.80. The van der Waals surface area contributed by atoms with E-state index in [-0.39, 0.29) is 11.8 Å². The van der Waals surface area contributed by atoms with Crippen molar-refractivity contribution in [3.8, 4) is 0 Å². The van der Waals surface area contributed by atoms with Crippen LogP contribution in [0.15, 0.2) is 16.9 Å². The summed E-state index contributed by atoms with van der Waals surface area (Å²) < 4.78 is 12.1. The predicted molar refractivity (Wildman–Crippen MR) is 60.5 cm³/mol. The van der Waals surface area contributed by atoms with Crippen molar-refractivity contribution in [2.75, 3.05) is 14.2 Å². The summed E-state index contributed by atoms with van der Waals surface area (Å²) in [4.78, 5) is 11.8. The Kier molecular flexibility index (Phi) is 3.41. The number of aryl methyl sites for hydroxylation is 1. The van der Waals surface area contributed by atoms with E-state index in [0.29, 0.717) is 6.54 Å². The first-order chi connectivity index (χ1) is 7.76. The fourth-order valence-electron chi connectivity index (χ4n) is 2.23. The number of ether oxygens (including phenoxy) is 2. The van der Waals surface area contributed by atoms with Gasteiger partial charge >= 0.3 is 0 Å². The van der Waals surface area contributed by atoms with E-state index in [9.17, 15) is 4.79 Å². The lowest BCUT2D eigenvalue weighted by atomic mass is 10.2. The summed E-state index contributed by atoms with van der Waals surface area (Å²) in [7, 11) is 3.17. The summed E-state index contributed by atoms with van der Waals surface area (Å²) >= 11 is 0. The van der Waals surface area contributed by atoms with Gasteiger partial charge in [-0.2, -0.15) is 0 Å². The summed E-state index contributed by atoms with van der Waals surface area (Å²) in [5, 5.41) is 0. The smallest absolute Gasteiger partial charge is 0.250 e. The van der Waals surface area contributed by atoms with Gasteiger partial charge in [0.1, 0.15) is 0 Å². The maximum Gasteiger partial charge on any atom is 0.250 e. The molecule has 0 N–H and O–H groups in total. The van der Waals surface area contributed by atoms with E-state index in [1.165, 1.54) is 5.56 Å². The van der Waals surface area contributed by atoms with Crippen molar-refractivity contribution in [2.45, 2.75) is 32.1 Å². The van der Waals surface area contributed by atoms with Gasteiger partial charge in [-0.05, 0) is 24.8 Å². The van der Waals surface area contributed by atoms with Gasteiger partial charge in [-0.1, -0.05) is 6.07 Å². The van der Waals surface area contributed by atoms with Crippen LogP contribution in [-0.4, -0.2) is 25.1 Å². The number of aromatic nitrogens is 1. The van der Waals surface area contributed by atoms with Crippen molar-refractivity contribution >= 4 is 0 Å². The molecule has 0 radical (unpaired) electrons. The van der Waals surface area contributed by atoms with Gasteiger partial charge in [0.25, 0.3) is 5.56 Å². The molecule has 4 nitrogen and oxygen atoms in total. The summed E-state index contributed by atoms with van der Waals surface area (Å²) in [5.41, 5.74) is 2.46. The average Bonchev–Trinajstić information content (AvgIpc) is 2.76. The minimum atomic E-state index is -0.357. The van der Waals surface area contributed by atoms with Gasteiger partial charge in [0.05, 0.1) is 6.54 Å². The molecule has 0 unspecified atom stereocenters. The van der Waals surface area contributed by atoms with Crippen molar-refractivity contribution < 1.29 is 9.47 Å². The van der Waals surface area contributed by atoms with Gasteiger partial charge in [-0.15, -0.1) is 0 Å². The normalized spacial score (nSPS) is 14.4. The van der Waals surface area contributed by atoms with Crippen molar-refractivity contribution in [1.29, 1.82) is 0 Å². The molecule has 16 heavy (non-hydrogen) atoms. The topological polar surface area (TPSA) is 40.5 Å². The minimum absolute atomic E-state index is 0.0275. The zero-order valence-electron chi connectivity index (χ0n) is 9.73. The van der Waals surface area contributed by atoms with E-state index in [0.717, 1.165) is 25.0 Å². The molecule has 0 amide bonds. The van der Waals surface area contributed by atoms with Gasteiger partial charge in [-0.3, -0.25) is 4.79 Å². The molecule has 1 aliphatic rings. The van der Waals surface area contributed by atoms with Crippen molar-refractivity contribution in [1.82, 2.24) is 4.57 Å². The second-order valence-electron chi connectivity index (χ2n) is 4.01. The summed E-state index contributed by atoms with van der Waals surface area (Å²) in [6.07, 6.45) is 2.82. The molecule has 0 aliphatic heterocycles. The van der Waals surface area contributed by atoms with Gasteiger partial charge in [0.2, 0.25) is 0 Å². The highest BCUT2D eigenvalue weighted by atomic mass is 16.7. The SMILES string of the molecule is COC(Cn1c2c(ccc1=O)CCC2)OC. The Labute approximate surface area is 94.8 Å². The number of pyridine rings is 1. The van der Waals surface area contributed by atoms with Gasteiger partial charge < -0.3 is 14.0 Å². The Morgan fingerprint density at radius 2 is 2.06 bits per heavy atom. The predicted octanol–water partition coefficient (Wildman–Crippen LogP) is 0.956. The molecule has 0 bridgehead atoms. The van der Waals surface area contributed by atoms with Crippen LogP contribution in [0, 0.1) is 0 Å². The standard InChI is InChI=1S/C12H17NO3/c1-15-12(16-2)8-13-10-5-3-4-9(10)6-7-11(13)14/h6-7,12H,3-5,8H2,1-2H3. The first-order valence-electron chi connectivity index (χ1n) is 5.53. The number of fused-ring (bicyclic) bond motifs is 1. The van der Waals surface area contributed by atoms with Crippen LogP contribution in [0.4, 0.5) is 0 Å². The molecule has 0 spiro atoms. The Bertz CT molecular complexity index is 421. The third-order valence-electron chi connectivity index (χ3n) is 3.11. The second-order valence-corrected chi connectivity index (χ2v) is 4.01. The van der Waals surface area contributed by atoms with E-state index < -0.39 is 0 Å². The first kappa shape index (κ1) is 11.4. The van der Waals surface area contributed by atoms with Crippen LogP contribution >= 0.6 is 0 Å². The lowest BCUT2D eigenvalue weighted by Gasteiger charge is -2.17. The monoisotopic (exact) mass is 223 g/mol. The van der Waals surface area contributed by atoms with Crippen molar-refractivity contribution in [3.63, 3.8) is 0 Å². The molecular formula is C12H17NO3. The Morgan fingerprint density at radius 1 is 1.31 bits per heavy atom. The van der Waals surface area contributed by atoms with Gasteiger partial charge in [0, 0.05) is 26.0 Å². The van der Waals surface area contributed by atoms with E-state index in [1.54, 1.807) is 24.9 Å². The fraction of sp³-hybridized carbons (Fsp3) is 0.583. The maximum absolute atomic E-state index is 11.8. The number of hydrogen-bond donors (Lipinski definition) is 0. The Hall–Kier alpha value is -1.13. The molecule has 0 saturated heterocycles. The van der Waals surface area contributed by atoms with E-state index in [1.807, 2.05) is 6.07 Å². The molecule has 1 aromatic rings. The third kappa shape index (κ3) is 2.03. The van der Waals surface area contributed by atoms with E-state index in [2.05, 4.69) is 0 Å². The highest BCUT2D eigenvalue weighted by Gasteiger charge is 2.17. The van der Waals surface area contributed by atoms with Crippen LogP contribution in [0.5, 0.6) is 0 Å². The quantitative estimate of drug-likeness (QED) is 0.714. The van der Waals surface area contributed by atoms with Gasteiger partial charge in [-0.25, -0.2) is 0 Å². The number of methoxy groups -OCH3 is 2. The van der Waals surface area contributed by atoms with Crippen LogP contribution in [-0.2, 0) is 28.9 Å². The highest BCUT2D eigenvalue weighted by molar-refractivity contribution is 5.25. The Morgan fingerprint density at radius 3 is 2.75 bits per heavy atom. The summed E-state index contributed by atoms with van der Waals surface area (Å²) in [6, 6.07) is 3.57. The molecule has 1 aromatic heterocycles. The number of hydrogen-bond acceptors (Lipinski definition) is 3. The molecule has 1 aliphatic carbocycles. The molecule has 0 saturated carbocycles. The molecule has 1 heterocycles. The van der Waals surface area contributed by atoms with Crippen LogP contribution < -0.4 is 5.56 Å². The van der Waals surface area contributed by atoms with Crippen LogP contribution in [0.2, 0.25) is 0 Å². The zero-order chi connectivity index (χ0) is 11.5. The molecule has 0 aromatic carbocycles. The lowest BCUT2D eigenvalue weighted by molar-refractivity contribution is -0.111. The fourth-order valence-corrected chi connectivity index (χ4v) is 2.23. The average molecular weight is 223 g/mol. The molecular weight excluding hydrogens is 206 g/mol. The van der Waals surface area contributed by atoms with Crippen LogP contribution in [0.3, 0.4) is 0 Å². The lowest BCUT2D eigenvalue weighted by Crippen LogP contribution is -2.30. The molecule has 2 rings (SSSR count). The summed E-state index contributed by atoms with van der Waals surface area (Å²) in [6.45, 7) is 0.467. The van der Waals surface area contributed by atoms with E-state index in [4.69, 9.17) is 9.47 Å². The van der Waals surface area contributed by atoms with Crippen LogP contribution in [0.1, 0.15) is 17.7 Å². The van der Waals surface area contributed by atoms with E-state index >= 15 is 0 Å². The highest BCUT2D eigenvalue weighted by Crippen LogP contribution is 2.20. The summed E-state index contributed by atoms with van der Waals surface area (Å²) in [5.74, 6) is 0. The first-order valence-corrected chi connectivity index (χ1v) is 5.53. The number of rotatable bonds is 4. The van der Waals surface area contributed by atoms with Crippen molar-refractivity contribution in [2.24, 2.45) is 0 Å². The van der Waals surface area contributed by atoms with Crippen LogP contribution in [0.25, 0.3) is 0 Å². The molecule has 88 valence electrons. The Balaban J connectivity index is 2.33. The van der Waals surface area contributed by atoms with Gasteiger partial charge in [0.15, 0.2) is 6.29 Å². The minimum Gasteiger partial charge on any atom is -0.354 e. The van der Waals surface area contributed by atoms with Crippen molar-refractivity contribution in [3.05, 3.63) is 33.7 Å². The maximum atomic E-state index is 11.8. The zero-order valence-corrected chi connectivity index (χ0v) is 9.73.